The van der Waals surface area contributed by atoms with E-state index in [0.717, 1.165) is 6.07 Å². The number of phenolic OH excluding ortho intramolecular Hbond substituents is 2. The Morgan fingerprint density at radius 1 is 1.28 bits per heavy atom. The summed E-state index contributed by atoms with van der Waals surface area (Å²) in [5.74, 6) is -0.875. The van der Waals surface area contributed by atoms with E-state index in [-0.39, 0.29) is 23.6 Å². The molecule has 0 saturated heterocycles. The number of carbonyl (C=O) groups excluding carboxylic acids is 1. The molecule has 0 aliphatic carbocycles. The summed E-state index contributed by atoms with van der Waals surface area (Å²) in [5.41, 5.74) is -0.857. The molecule has 0 fully saturated rings. The molecule has 0 atom stereocenters. The lowest BCUT2D eigenvalue weighted by molar-refractivity contribution is 0.0313. The summed E-state index contributed by atoms with van der Waals surface area (Å²) < 4.78 is 0. The number of carbonyl (C=O) groups is 1. The van der Waals surface area contributed by atoms with Gasteiger partial charge in [-0.3, -0.25) is 4.79 Å². The van der Waals surface area contributed by atoms with Gasteiger partial charge in [-0.1, -0.05) is 13.8 Å². The Kier molecular flexibility index (Phi) is 4.55. The highest BCUT2D eigenvalue weighted by Crippen LogP contribution is 2.22. The van der Waals surface area contributed by atoms with Crippen LogP contribution >= 0.6 is 0 Å². The van der Waals surface area contributed by atoms with Gasteiger partial charge in [-0.15, -0.1) is 0 Å². The molecule has 1 amide bonds. The van der Waals surface area contributed by atoms with E-state index >= 15 is 0 Å². The predicted octanol–water partition coefficient (Wildman–Crippen LogP) is 1.38. The summed E-state index contributed by atoms with van der Waals surface area (Å²) in [4.78, 5) is 11.8. The van der Waals surface area contributed by atoms with Crippen molar-refractivity contribution in [3.8, 4) is 11.5 Å². The molecule has 0 saturated carbocycles. The standard InChI is InChI=1S/C13H19NO4/c1-3-13(18,4-2)8-14-12(17)10-6-5-9(15)7-11(10)16/h5-7,15-16,18H,3-4,8H2,1-2H3,(H,14,17). The second-order valence-electron chi connectivity index (χ2n) is 4.32. The molecule has 1 aromatic carbocycles. The zero-order valence-electron chi connectivity index (χ0n) is 10.6. The van der Waals surface area contributed by atoms with Crippen LogP contribution in [0.1, 0.15) is 37.0 Å². The molecule has 100 valence electrons. The molecular formula is C13H19NO4. The van der Waals surface area contributed by atoms with Crippen LogP contribution in [0.4, 0.5) is 0 Å². The zero-order valence-corrected chi connectivity index (χ0v) is 10.6. The average Bonchev–Trinajstić information content (AvgIpc) is 2.35. The monoisotopic (exact) mass is 253 g/mol. The van der Waals surface area contributed by atoms with Crippen LogP contribution in [0.3, 0.4) is 0 Å². The van der Waals surface area contributed by atoms with Gasteiger partial charge < -0.3 is 20.6 Å². The van der Waals surface area contributed by atoms with Gasteiger partial charge in [0.2, 0.25) is 0 Å². The molecule has 0 aromatic heterocycles. The largest absolute Gasteiger partial charge is 0.508 e. The maximum absolute atomic E-state index is 11.8. The van der Waals surface area contributed by atoms with Crippen LogP contribution in [0.25, 0.3) is 0 Å². The van der Waals surface area contributed by atoms with Crippen molar-refractivity contribution in [1.82, 2.24) is 5.32 Å². The molecule has 0 bridgehead atoms. The van der Waals surface area contributed by atoms with E-state index in [2.05, 4.69) is 5.32 Å². The van der Waals surface area contributed by atoms with Gasteiger partial charge >= 0.3 is 0 Å². The molecule has 18 heavy (non-hydrogen) atoms. The Labute approximate surface area is 106 Å². The van der Waals surface area contributed by atoms with Gasteiger partial charge in [0.25, 0.3) is 5.91 Å². The van der Waals surface area contributed by atoms with E-state index in [4.69, 9.17) is 5.11 Å². The number of rotatable bonds is 5. The van der Waals surface area contributed by atoms with Gasteiger partial charge in [0.05, 0.1) is 11.2 Å². The van der Waals surface area contributed by atoms with Crippen molar-refractivity contribution < 1.29 is 20.1 Å². The van der Waals surface area contributed by atoms with Gasteiger partial charge in [0, 0.05) is 12.6 Å². The summed E-state index contributed by atoms with van der Waals surface area (Å²) in [5, 5.41) is 31.2. The van der Waals surface area contributed by atoms with Crippen molar-refractivity contribution in [2.24, 2.45) is 0 Å². The third-order valence-electron chi connectivity index (χ3n) is 3.12. The van der Waals surface area contributed by atoms with E-state index in [9.17, 15) is 15.0 Å². The zero-order chi connectivity index (χ0) is 13.8. The first-order valence-corrected chi connectivity index (χ1v) is 5.94. The number of hydrogen-bond donors (Lipinski definition) is 4. The van der Waals surface area contributed by atoms with E-state index < -0.39 is 11.5 Å². The van der Waals surface area contributed by atoms with Crippen LogP contribution in [-0.2, 0) is 0 Å². The maximum Gasteiger partial charge on any atom is 0.255 e. The summed E-state index contributed by atoms with van der Waals surface area (Å²) in [7, 11) is 0. The van der Waals surface area contributed by atoms with Crippen LogP contribution in [0, 0.1) is 0 Å². The van der Waals surface area contributed by atoms with Crippen LogP contribution < -0.4 is 5.32 Å². The lowest BCUT2D eigenvalue weighted by Crippen LogP contribution is -2.42. The second-order valence-corrected chi connectivity index (χ2v) is 4.32. The minimum absolute atomic E-state index is 0.0716. The fraction of sp³-hybridized carbons (Fsp3) is 0.462. The second kappa shape index (κ2) is 5.73. The van der Waals surface area contributed by atoms with Gasteiger partial charge in [-0.05, 0) is 25.0 Å². The first-order valence-electron chi connectivity index (χ1n) is 5.94. The fourth-order valence-electron chi connectivity index (χ4n) is 1.55. The number of phenols is 2. The molecule has 5 nitrogen and oxygen atoms in total. The molecule has 4 N–H and O–H groups in total. The van der Waals surface area contributed by atoms with Crippen molar-refractivity contribution in [1.29, 1.82) is 0 Å². The van der Waals surface area contributed by atoms with Crippen molar-refractivity contribution in [3.05, 3.63) is 23.8 Å². The highest BCUT2D eigenvalue weighted by atomic mass is 16.3. The molecule has 0 spiro atoms. The smallest absolute Gasteiger partial charge is 0.255 e. The summed E-state index contributed by atoms with van der Waals surface area (Å²) in [6.45, 7) is 3.81. The average molecular weight is 253 g/mol. The maximum atomic E-state index is 11.8. The normalized spacial score (nSPS) is 11.3. The highest BCUT2D eigenvalue weighted by Gasteiger charge is 2.23. The van der Waals surface area contributed by atoms with Gasteiger partial charge in [0.1, 0.15) is 11.5 Å². The van der Waals surface area contributed by atoms with Gasteiger partial charge in [-0.25, -0.2) is 0 Å². The summed E-state index contributed by atoms with van der Waals surface area (Å²) >= 11 is 0. The third kappa shape index (κ3) is 3.37. The van der Waals surface area contributed by atoms with Gasteiger partial charge in [0.15, 0.2) is 0 Å². The fourth-order valence-corrected chi connectivity index (χ4v) is 1.55. The molecular weight excluding hydrogens is 234 g/mol. The van der Waals surface area contributed by atoms with Crippen LogP contribution in [0.5, 0.6) is 11.5 Å². The lowest BCUT2D eigenvalue weighted by Gasteiger charge is -2.25. The number of nitrogens with one attached hydrogen (secondary N) is 1. The Bertz CT molecular complexity index is 427. The Morgan fingerprint density at radius 2 is 1.89 bits per heavy atom. The SMILES string of the molecule is CCC(O)(CC)CNC(=O)c1ccc(O)cc1O. The quantitative estimate of drug-likeness (QED) is 0.638. The molecule has 0 unspecified atom stereocenters. The third-order valence-corrected chi connectivity index (χ3v) is 3.12. The van der Waals surface area contributed by atoms with Gasteiger partial charge in [-0.2, -0.15) is 0 Å². The first-order chi connectivity index (χ1) is 8.41. The molecule has 1 rings (SSSR count). The minimum atomic E-state index is -0.928. The van der Waals surface area contributed by atoms with Crippen LogP contribution in [0.15, 0.2) is 18.2 Å². The van der Waals surface area contributed by atoms with Crippen molar-refractivity contribution in [3.63, 3.8) is 0 Å². The Hall–Kier alpha value is -1.75. The van der Waals surface area contributed by atoms with E-state index in [1.165, 1.54) is 12.1 Å². The Balaban J connectivity index is 2.71. The first kappa shape index (κ1) is 14.3. The van der Waals surface area contributed by atoms with E-state index in [0.29, 0.717) is 12.8 Å². The lowest BCUT2D eigenvalue weighted by atomic mass is 9.97. The number of aliphatic hydroxyl groups is 1. The van der Waals surface area contributed by atoms with Crippen molar-refractivity contribution >= 4 is 5.91 Å². The molecule has 0 aliphatic heterocycles. The minimum Gasteiger partial charge on any atom is -0.508 e. The van der Waals surface area contributed by atoms with Crippen LogP contribution in [-0.4, -0.2) is 33.4 Å². The number of hydrogen-bond acceptors (Lipinski definition) is 4. The number of aromatic hydroxyl groups is 2. The highest BCUT2D eigenvalue weighted by molar-refractivity contribution is 5.97. The van der Waals surface area contributed by atoms with E-state index in [1.807, 2.05) is 13.8 Å². The topological polar surface area (TPSA) is 89.8 Å². The molecule has 1 aromatic rings. The van der Waals surface area contributed by atoms with Crippen molar-refractivity contribution in [2.45, 2.75) is 32.3 Å². The Morgan fingerprint density at radius 3 is 2.39 bits per heavy atom. The molecule has 0 aliphatic rings. The molecule has 0 heterocycles. The van der Waals surface area contributed by atoms with Crippen LogP contribution in [0.2, 0.25) is 0 Å². The van der Waals surface area contributed by atoms with E-state index in [1.54, 1.807) is 0 Å². The predicted molar refractivity (Wildman–Crippen MR) is 67.6 cm³/mol. The number of amides is 1. The summed E-state index contributed by atoms with van der Waals surface area (Å²) in [6, 6.07) is 3.75. The molecule has 0 radical (unpaired) electrons. The van der Waals surface area contributed by atoms with Crippen molar-refractivity contribution in [2.75, 3.05) is 6.54 Å². The summed E-state index contributed by atoms with van der Waals surface area (Å²) in [6.07, 6.45) is 1.07. The number of benzene rings is 1. The molecule has 5 heteroatoms.